The van der Waals surface area contributed by atoms with Crippen molar-refractivity contribution >= 4 is 39.7 Å². The van der Waals surface area contributed by atoms with E-state index in [1.807, 2.05) is 41.8 Å². The van der Waals surface area contributed by atoms with Crippen molar-refractivity contribution in [1.29, 1.82) is 0 Å². The van der Waals surface area contributed by atoms with Crippen LogP contribution in [0.25, 0.3) is 11.0 Å². The molecule has 194 valence electrons. The monoisotopic (exact) mass is 536 g/mol. The van der Waals surface area contributed by atoms with Gasteiger partial charge in [0.2, 0.25) is 11.0 Å². The molecule has 9 nitrogen and oxygen atoms in total. The van der Waals surface area contributed by atoms with E-state index in [2.05, 4.69) is 27.4 Å². The van der Waals surface area contributed by atoms with Crippen molar-refractivity contribution < 1.29 is 23.1 Å². The molecule has 1 amide bonds. The minimum absolute atomic E-state index is 0.0380. The molecular formula is C26H22F2N6O3S. The van der Waals surface area contributed by atoms with Crippen LogP contribution in [0.2, 0.25) is 0 Å². The van der Waals surface area contributed by atoms with Crippen LogP contribution in [-0.4, -0.2) is 57.5 Å². The van der Waals surface area contributed by atoms with E-state index in [1.165, 1.54) is 19.1 Å². The first-order valence-corrected chi connectivity index (χ1v) is 12.4. The van der Waals surface area contributed by atoms with Gasteiger partial charge < -0.3 is 14.6 Å². The third-order valence-corrected chi connectivity index (χ3v) is 6.95. The molecule has 1 aliphatic rings. The third kappa shape index (κ3) is 4.85. The number of carbonyl (C=O) groups is 2. The Bertz CT molecular complexity index is 1600. The minimum Gasteiger partial charge on any atom is -0.434 e. The zero-order chi connectivity index (χ0) is 27.0. The Kier molecular flexibility index (Phi) is 6.88. The number of amides is 1. The molecule has 0 spiro atoms. The van der Waals surface area contributed by atoms with Crippen molar-refractivity contribution in [2.24, 2.45) is 0 Å². The van der Waals surface area contributed by atoms with Gasteiger partial charge in [-0.1, -0.05) is 29.4 Å². The molecule has 5 rings (SSSR count). The number of fused-ring (bicyclic) bond motifs is 3. The molecule has 2 aromatic heterocycles. The first-order chi connectivity index (χ1) is 18.2. The van der Waals surface area contributed by atoms with E-state index in [9.17, 15) is 18.4 Å². The van der Waals surface area contributed by atoms with Gasteiger partial charge in [0.05, 0.1) is 23.1 Å². The summed E-state index contributed by atoms with van der Waals surface area (Å²) in [5.74, 6) is 6.49. The van der Waals surface area contributed by atoms with Gasteiger partial charge in [0, 0.05) is 23.6 Å². The van der Waals surface area contributed by atoms with E-state index in [1.54, 1.807) is 6.07 Å². The van der Waals surface area contributed by atoms with Gasteiger partial charge in [-0.2, -0.15) is 8.78 Å². The zero-order valence-corrected chi connectivity index (χ0v) is 21.4. The molecule has 0 aliphatic carbocycles. The highest BCUT2D eigenvalue weighted by molar-refractivity contribution is 7.15. The number of benzene rings is 2. The van der Waals surface area contributed by atoms with E-state index >= 15 is 0 Å². The average Bonchev–Trinajstić information content (AvgIpc) is 3.56. The molecule has 38 heavy (non-hydrogen) atoms. The maximum absolute atomic E-state index is 13.3. The second-order valence-electron chi connectivity index (χ2n) is 8.87. The van der Waals surface area contributed by atoms with Crippen LogP contribution in [0, 0.1) is 11.8 Å². The summed E-state index contributed by atoms with van der Waals surface area (Å²) in [4.78, 5) is 30.0. The Morgan fingerprint density at radius 3 is 2.79 bits per heavy atom. The van der Waals surface area contributed by atoms with Crippen LogP contribution in [0.1, 0.15) is 57.7 Å². The highest BCUT2D eigenvalue weighted by Crippen LogP contribution is 2.46. The van der Waals surface area contributed by atoms with Crippen LogP contribution >= 0.6 is 11.3 Å². The molecular weight excluding hydrogens is 514 g/mol. The molecule has 1 N–H and O–H groups in total. The third-order valence-electron chi connectivity index (χ3n) is 6.19. The van der Waals surface area contributed by atoms with Crippen LogP contribution in [0.3, 0.4) is 0 Å². The Morgan fingerprint density at radius 1 is 1.26 bits per heavy atom. The number of hydrogen-bond acceptors (Lipinski definition) is 8. The molecule has 0 bridgehead atoms. The lowest BCUT2D eigenvalue weighted by atomic mass is 9.96. The number of aldehydes is 1. The fraction of sp³-hybridized carbons (Fsp3) is 0.269. The number of imidazole rings is 1. The van der Waals surface area contributed by atoms with Gasteiger partial charge >= 0.3 is 6.61 Å². The van der Waals surface area contributed by atoms with E-state index in [4.69, 9.17) is 9.72 Å². The topological polar surface area (TPSA) is 102 Å². The van der Waals surface area contributed by atoms with Crippen molar-refractivity contribution in [3.05, 3.63) is 63.9 Å². The van der Waals surface area contributed by atoms with Crippen molar-refractivity contribution in [1.82, 2.24) is 24.6 Å². The molecule has 12 heteroatoms. The normalized spacial score (nSPS) is 16.4. The predicted molar refractivity (Wildman–Crippen MR) is 138 cm³/mol. The summed E-state index contributed by atoms with van der Waals surface area (Å²) < 4.78 is 33.4. The lowest BCUT2D eigenvalue weighted by Gasteiger charge is -2.22. The SMILES string of the molecule is CC(=O)Nc1nnc(C#Cc2ccc3nc4n(c3c2)C(c2c(C=O)cccc2OC(F)F)CC4N(C)C)s1. The van der Waals surface area contributed by atoms with Gasteiger partial charge in [-0.05, 0) is 50.7 Å². The van der Waals surface area contributed by atoms with Crippen LogP contribution in [0.4, 0.5) is 13.9 Å². The highest BCUT2D eigenvalue weighted by Gasteiger charge is 2.38. The number of ether oxygens (including phenoxy) is 1. The van der Waals surface area contributed by atoms with Gasteiger partial charge in [-0.15, -0.1) is 10.2 Å². The maximum Gasteiger partial charge on any atom is 0.387 e. The Labute approximate surface area is 220 Å². The minimum atomic E-state index is -3.03. The van der Waals surface area contributed by atoms with Gasteiger partial charge in [0.15, 0.2) is 11.3 Å². The Morgan fingerprint density at radius 2 is 2.08 bits per heavy atom. The smallest absolute Gasteiger partial charge is 0.387 e. The summed E-state index contributed by atoms with van der Waals surface area (Å²) in [7, 11) is 3.85. The molecule has 0 saturated carbocycles. The number of carbonyl (C=O) groups excluding carboxylic acids is 2. The Hall–Kier alpha value is -4.21. The maximum atomic E-state index is 13.3. The van der Waals surface area contributed by atoms with Crippen LogP contribution in [0.15, 0.2) is 36.4 Å². The fourth-order valence-corrected chi connectivity index (χ4v) is 5.33. The fourth-order valence-electron chi connectivity index (χ4n) is 4.68. The quantitative estimate of drug-likeness (QED) is 0.290. The van der Waals surface area contributed by atoms with Crippen molar-refractivity contribution in [3.8, 4) is 17.6 Å². The molecule has 2 aromatic carbocycles. The summed E-state index contributed by atoms with van der Waals surface area (Å²) in [5.41, 5.74) is 2.81. The van der Waals surface area contributed by atoms with Crippen molar-refractivity contribution in [3.63, 3.8) is 0 Å². The van der Waals surface area contributed by atoms with E-state index < -0.39 is 12.7 Å². The highest BCUT2D eigenvalue weighted by atomic mass is 32.1. The molecule has 2 atom stereocenters. The molecule has 0 saturated heterocycles. The second-order valence-corrected chi connectivity index (χ2v) is 9.85. The molecule has 2 unspecified atom stereocenters. The summed E-state index contributed by atoms with van der Waals surface area (Å²) in [5, 5.41) is 11.2. The first kappa shape index (κ1) is 25.4. The zero-order valence-electron chi connectivity index (χ0n) is 20.6. The molecule has 4 aromatic rings. The number of hydrogen-bond donors (Lipinski definition) is 1. The van der Waals surface area contributed by atoms with Crippen LogP contribution in [-0.2, 0) is 4.79 Å². The molecule has 1 aliphatic heterocycles. The van der Waals surface area contributed by atoms with E-state index in [0.717, 1.165) is 22.7 Å². The number of aromatic nitrogens is 4. The van der Waals surface area contributed by atoms with Crippen LogP contribution < -0.4 is 10.1 Å². The van der Waals surface area contributed by atoms with Crippen molar-refractivity contribution in [2.45, 2.75) is 32.0 Å². The number of nitrogens with one attached hydrogen (secondary N) is 1. The van der Waals surface area contributed by atoms with E-state index in [-0.39, 0.29) is 23.3 Å². The average molecular weight is 537 g/mol. The molecule has 0 fully saturated rings. The van der Waals surface area contributed by atoms with Gasteiger partial charge in [-0.25, -0.2) is 4.98 Å². The summed E-state index contributed by atoms with van der Waals surface area (Å²) in [6, 6.07) is 9.53. The van der Waals surface area contributed by atoms with Crippen LogP contribution in [0.5, 0.6) is 5.75 Å². The molecule has 3 heterocycles. The lowest BCUT2D eigenvalue weighted by molar-refractivity contribution is -0.114. The first-order valence-electron chi connectivity index (χ1n) is 11.6. The summed E-state index contributed by atoms with van der Waals surface area (Å²) in [6.07, 6.45) is 1.17. The molecule has 0 radical (unpaired) electrons. The Balaban J connectivity index is 1.61. The van der Waals surface area contributed by atoms with Gasteiger partial charge in [0.25, 0.3) is 0 Å². The predicted octanol–water partition coefficient (Wildman–Crippen LogP) is 4.26. The lowest BCUT2D eigenvalue weighted by Crippen LogP contribution is -2.18. The summed E-state index contributed by atoms with van der Waals surface area (Å²) in [6.45, 7) is -1.65. The second kappa shape index (κ2) is 10.3. The van der Waals surface area contributed by atoms with E-state index in [0.29, 0.717) is 39.5 Å². The number of halogens is 2. The standard InChI is InChI=1S/C26H22F2N6O3S/c1-14(36)29-26-32-31-22(38-26)10-8-15-7-9-17-18(11-15)34-19(12-20(33(2)3)24(34)30-17)23-16(13-35)5-4-6-21(23)37-25(27)28/h4-7,9,11,13,19-20,25H,12H2,1-3H3,(H,29,32,36). The van der Waals surface area contributed by atoms with Gasteiger partial charge in [0.1, 0.15) is 11.6 Å². The number of anilines is 1. The number of rotatable bonds is 6. The number of alkyl halides is 2. The largest absolute Gasteiger partial charge is 0.434 e. The number of nitrogens with zero attached hydrogens (tertiary/aromatic N) is 5. The van der Waals surface area contributed by atoms with Crippen molar-refractivity contribution in [2.75, 3.05) is 19.4 Å². The van der Waals surface area contributed by atoms with Gasteiger partial charge in [-0.3, -0.25) is 14.5 Å². The summed E-state index contributed by atoms with van der Waals surface area (Å²) >= 11 is 1.16.